The summed E-state index contributed by atoms with van der Waals surface area (Å²) in [6.45, 7) is 33.2. The Kier molecular flexibility index (Phi) is 12.9. The molecule has 0 radical (unpaired) electrons. The van der Waals surface area contributed by atoms with Gasteiger partial charge in [0.15, 0.2) is 22.7 Å². The highest BCUT2D eigenvalue weighted by molar-refractivity contribution is 7.12. The van der Waals surface area contributed by atoms with E-state index in [0.29, 0.717) is 22.5 Å². The van der Waals surface area contributed by atoms with E-state index in [9.17, 15) is 0 Å². The number of hydrogen-bond donors (Lipinski definition) is 0. The molecule has 1 aliphatic heterocycles. The average Bonchev–Trinajstić information content (AvgIpc) is 3.46. The SMILES string of the molecule is C/C(=C\c1cnc(C)s1)C1=NO[C@@H]([C@@H](CCC[C@H](C)CO[Si](C(C)C)(C(C)C)C(C)C)O[Si](C)(C)C(C)(C)C)C1. The predicted molar refractivity (Wildman–Crippen MR) is 180 cm³/mol. The molecule has 0 amide bonds. The van der Waals surface area contributed by atoms with Crippen molar-refractivity contribution in [1.82, 2.24) is 4.98 Å². The van der Waals surface area contributed by atoms with Crippen molar-refractivity contribution in [2.24, 2.45) is 11.1 Å². The van der Waals surface area contributed by atoms with Gasteiger partial charge in [-0.3, -0.25) is 0 Å². The summed E-state index contributed by atoms with van der Waals surface area (Å²) < 4.78 is 13.9. The third-order valence-corrected chi connectivity index (χ3v) is 20.8. The minimum atomic E-state index is -1.97. The van der Waals surface area contributed by atoms with E-state index in [2.05, 4.69) is 105 Å². The lowest BCUT2D eigenvalue weighted by Gasteiger charge is -2.43. The van der Waals surface area contributed by atoms with Crippen LogP contribution in [0.3, 0.4) is 0 Å². The Labute approximate surface area is 252 Å². The smallest absolute Gasteiger partial charge is 0.200 e. The zero-order valence-corrected chi connectivity index (χ0v) is 31.0. The molecule has 2 heterocycles. The maximum absolute atomic E-state index is 7.02. The molecule has 2 rings (SSSR count). The first-order valence-electron chi connectivity index (χ1n) is 15.6. The first-order chi connectivity index (χ1) is 18.4. The molecule has 1 aliphatic rings. The Morgan fingerprint density at radius 3 is 2.17 bits per heavy atom. The number of rotatable bonds is 15. The minimum absolute atomic E-state index is 0.0369. The quantitative estimate of drug-likeness (QED) is 0.186. The molecule has 0 saturated carbocycles. The number of hydrogen-bond acceptors (Lipinski definition) is 6. The van der Waals surface area contributed by atoms with Gasteiger partial charge in [-0.25, -0.2) is 4.98 Å². The summed E-state index contributed by atoms with van der Waals surface area (Å²) in [7, 11) is -3.80. The van der Waals surface area contributed by atoms with E-state index in [4.69, 9.17) is 13.7 Å². The van der Waals surface area contributed by atoms with Crippen molar-refractivity contribution >= 4 is 39.8 Å². The van der Waals surface area contributed by atoms with E-state index in [1.807, 2.05) is 13.1 Å². The first-order valence-corrected chi connectivity index (χ1v) is 21.4. The molecular formula is C32H60N2O3SSi2. The summed E-state index contributed by atoms with van der Waals surface area (Å²) in [6.07, 6.45) is 8.14. The van der Waals surface area contributed by atoms with Crippen LogP contribution >= 0.6 is 11.3 Å². The highest BCUT2D eigenvalue weighted by Gasteiger charge is 2.45. The molecule has 40 heavy (non-hydrogen) atoms. The Bertz CT molecular complexity index is 973. The van der Waals surface area contributed by atoms with Gasteiger partial charge in [0.1, 0.15) is 0 Å². The number of aromatic nitrogens is 1. The number of thiazole rings is 1. The monoisotopic (exact) mass is 608 g/mol. The van der Waals surface area contributed by atoms with Crippen LogP contribution in [0, 0.1) is 12.8 Å². The number of oxime groups is 1. The van der Waals surface area contributed by atoms with Gasteiger partial charge in [0, 0.05) is 24.1 Å². The zero-order chi connectivity index (χ0) is 30.5. The van der Waals surface area contributed by atoms with Crippen LogP contribution in [0.4, 0.5) is 0 Å². The van der Waals surface area contributed by atoms with Crippen LogP contribution in [0.15, 0.2) is 16.9 Å². The van der Waals surface area contributed by atoms with Crippen LogP contribution < -0.4 is 0 Å². The van der Waals surface area contributed by atoms with Crippen LogP contribution in [0.25, 0.3) is 6.08 Å². The summed E-state index contributed by atoms with van der Waals surface area (Å²) in [4.78, 5) is 11.6. The summed E-state index contributed by atoms with van der Waals surface area (Å²) >= 11 is 1.71. The molecule has 0 saturated heterocycles. The van der Waals surface area contributed by atoms with E-state index >= 15 is 0 Å². The van der Waals surface area contributed by atoms with Gasteiger partial charge in [0.25, 0.3) is 0 Å². The van der Waals surface area contributed by atoms with Crippen molar-refractivity contribution < 1.29 is 13.7 Å². The van der Waals surface area contributed by atoms with Crippen molar-refractivity contribution in [3.05, 3.63) is 21.7 Å². The molecule has 0 aromatic carbocycles. The van der Waals surface area contributed by atoms with E-state index in [1.165, 1.54) is 0 Å². The molecule has 0 unspecified atom stereocenters. The first kappa shape index (κ1) is 35.4. The second kappa shape index (κ2) is 14.6. The fraction of sp³-hybridized carbons (Fsp3) is 0.812. The van der Waals surface area contributed by atoms with Gasteiger partial charge in [-0.2, -0.15) is 0 Å². The molecular weight excluding hydrogens is 549 g/mol. The van der Waals surface area contributed by atoms with Crippen molar-refractivity contribution in [3.63, 3.8) is 0 Å². The number of allylic oxidation sites excluding steroid dienone is 1. The topological polar surface area (TPSA) is 52.9 Å². The predicted octanol–water partition coefficient (Wildman–Crippen LogP) is 10.4. The molecule has 230 valence electrons. The number of nitrogens with zero attached hydrogens (tertiary/aromatic N) is 2. The fourth-order valence-corrected chi connectivity index (χ4v) is 13.7. The summed E-state index contributed by atoms with van der Waals surface area (Å²) in [5.74, 6) is 0.529. The van der Waals surface area contributed by atoms with Crippen molar-refractivity contribution in [1.29, 1.82) is 0 Å². The average molecular weight is 609 g/mol. The maximum atomic E-state index is 7.02. The lowest BCUT2D eigenvalue weighted by molar-refractivity contribution is -0.0154. The molecule has 5 nitrogen and oxygen atoms in total. The minimum Gasteiger partial charge on any atom is -0.416 e. The molecule has 0 N–H and O–H groups in total. The highest BCUT2D eigenvalue weighted by Crippen LogP contribution is 2.43. The maximum Gasteiger partial charge on any atom is 0.200 e. The summed E-state index contributed by atoms with van der Waals surface area (Å²) in [5.41, 5.74) is 4.03. The van der Waals surface area contributed by atoms with Crippen LogP contribution in [-0.4, -0.2) is 46.1 Å². The molecule has 3 atom stereocenters. The van der Waals surface area contributed by atoms with E-state index in [1.54, 1.807) is 11.3 Å². The molecule has 1 aromatic rings. The van der Waals surface area contributed by atoms with Crippen molar-refractivity contribution in [2.45, 2.75) is 156 Å². The standard InChI is InChI=1S/C32H60N2O3SSi2/c1-22(2)40(23(3)4,24(5)6)35-21-25(7)16-15-17-30(37-39(13,14)32(10,11)12)31-19-29(34-36-31)26(8)18-28-20-33-27(9)38-28/h18,20,22-25,30-31H,15-17,19,21H2,1-14H3/b26-18+/t25-,30+,31+/m0/s1. The van der Waals surface area contributed by atoms with E-state index < -0.39 is 16.6 Å². The molecule has 0 bridgehead atoms. The fourth-order valence-electron chi connectivity index (χ4n) is 5.98. The molecule has 0 aliphatic carbocycles. The van der Waals surface area contributed by atoms with Gasteiger partial charge < -0.3 is 13.7 Å². The Balaban J connectivity index is 2.06. The number of aryl methyl sites for hydroxylation is 1. The molecule has 1 aromatic heterocycles. The van der Waals surface area contributed by atoms with E-state index in [0.717, 1.165) is 53.5 Å². The lowest BCUT2D eigenvalue weighted by atomic mass is 9.97. The van der Waals surface area contributed by atoms with E-state index in [-0.39, 0.29) is 17.2 Å². The zero-order valence-electron chi connectivity index (χ0n) is 28.2. The Morgan fingerprint density at radius 2 is 1.68 bits per heavy atom. The van der Waals surface area contributed by atoms with Crippen LogP contribution in [0.5, 0.6) is 0 Å². The van der Waals surface area contributed by atoms with Gasteiger partial charge in [0.05, 0.1) is 16.8 Å². The van der Waals surface area contributed by atoms with Gasteiger partial charge in [0.2, 0.25) is 0 Å². The van der Waals surface area contributed by atoms with Crippen molar-refractivity contribution in [3.8, 4) is 0 Å². The molecule has 8 heteroatoms. The van der Waals surface area contributed by atoms with Crippen LogP contribution in [-0.2, 0) is 13.7 Å². The molecule has 0 spiro atoms. The second-order valence-corrected chi connectivity index (χ2v) is 26.1. The third kappa shape index (κ3) is 9.09. The second-order valence-electron chi connectivity index (χ2n) is 14.6. The largest absolute Gasteiger partial charge is 0.416 e. The van der Waals surface area contributed by atoms with Crippen LogP contribution in [0.1, 0.15) is 112 Å². The Morgan fingerprint density at radius 1 is 1.07 bits per heavy atom. The van der Waals surface area contributed by atoms with Gasteiger partial charge in [-0.1, -0.05) is 80.8 Å². The van der Waals surface area contributed by atoms with Gasteiger partial charge in [-0.05, 0) is 79.0 Å². The highest BCUT2D eigenvalue weighted by atomic mass is 32.1. The Hall–Kier alpha value is -0.806. The third-order valence-electron chi connectivity index (χ3n) is 9.32. The normalized spacial score (nSPS) is 19.0. The van der Waals surface area contributed by atoms with Crippen LogP contribution in [0.2, 0.25) is 34.8 Å². The van der Waals surface area contributed by atoms with Gasteiger partial charge in [-0.15, -0.1) is 11.3 Å². The summed E-state index contributed by atoms with van der Waals surface area (Å²) in [6, 6.07) is 0. The molecule has 0 fully saturated rings. The van der Waals surface area contributed by atoms with Crippen molar-refractivity contribution in [2.75, 3.05) is 6.61 Å². The lowest BCUT2D eigenvalue weighted by Crippen LogP contribution is -2.48. The summed E-state index contributed by atoms with van der Waals surface area (Å²) in [5, 5.41) is 5.76. The van der Waals surface area contributed by atoms with Gasteiger partial charge >= 0.3 is 0 Å².